The number of aryl methyl sites for hydroxylation is 1. The van der Waals surface area contributed by atoms with Crippen LogP contribution in [0.5, 0.6) is 0 Å². The number of benzene rings is 1. The molecule has 1 aromatic carbocycles. The number of esters is 1. The molecule has 0 fully saturated rings. The molecular weight excluding hydrogens is 330 g/mol. The lowest BCUT2D eigenvalue weighted by Crippen LogP contribution is -2.08. The quantitative estimate of drug-likeness (QED) is 0.606. The van der Waals surface area contributed by atoms with Gasteiger partial charge in [-0.2, -0.15) is 0 Å². The summed E-state index contributed by atoms with van der Waals surface area (Å²) < 4.78 is 29.8. The van der Waals surface area contributed by atoms with Crippen molar-refractivity contribution in [1.82, 2.24) is 14.8 Å². The zero-order chi connectivity index (χ0) is 17.9. The molecule has 0 unspecified atom stereocenters. The molecule has 0 aliphatic heterocycles. The molecule has 0 bridgehead atoms. The van der Waals surface area contributed by atoms with Gasteiger partial charge in [0.2, 0.25) is 0 Å². The van der Waals surface area contributed by atoms with E-state index in [-0.39, 0.29) is 11.0 Å². The van der Waals surface area contributed by atoms with Gasteiger partial charge in [0.15, 0.2) is 15.7 Å². The SMILES string of the molecule is Cc1cc(-c2ncn(/C=C\C(=O)OC(C)C)n2)cc(S(C)(=O)=O)c1. The van der Waals surface area contributed by atoms with E-state index in [0.29, 0.717) is 11.4 Å². The van der Waals surface area contributed by atoms with Crippen molar-refractivity contribution in [2.45, 2.75) is 31.8 Å². The molecule has 0 aliphatic rings. The highest BCUT2D eigenvalue weighted by molar-refractivity contribution is 7.90. The Morgan fingerprint density at radius 3 is 2.62 bits per heavy atom. The molecular formula is C16H19N3O4S. The fraction of sp³-hybridized carbons (Fsp3) is 0.312. The van der Waals surface area contributed by atoms with E-state index < -0.39 is 15.8 Å². The first kappa shape index (κ1) is 17.9. The average Bonchev–Trinajstić information content (AvgIpc) is 2.91. The number of carbonyl (C=O) groups excluding carboxylic acids is 1. The first-order chi connectivity index (χ1) is 11.1. The van der Waals surface area contributed by atoms with Crippen LogP contribution in [0.4, 0.5) is 0 Å². The van der Waals surface area contributed by atoms with Crippen LogP contribution < -0.4 is 0 Å². The van der Waals surface area contributed by atoms with Crippen LogP contribution in [0, 0.1) is 6.92 Å². The van der Waals surface area contributed by atoms with Gasteiger partial charge in [-0.3, -0.25) is 0 Å². The van der Waals surface area contributed by atoms with Crippen molar-refractivity contribution in [3.05, 3.63) is 36.2 Å². The lowest BCUT2D eigenvalue weighted by molar-refractivity contribution is -0.141. The number of sulfone groups is 1. The first-order valence-electron chi connectivity index (χ1n) is 7.27. The topological polar surface area (TPSA) is 91.2 Å². The third-order valence-corrected chi connectivity index (χ3v) is 4.05. The highest BCUT2D eigenvalue weighted by Crippen LogP contribution is 2.21. The minimum absolute atomic E-state index is 0.199. The predicted molar refractivity (Wildman–Crippen MR) is 89.9 cm³/mol. The molecule has 128 valence electrons. The molecule has 2 rings (SSSR count). The number of rotatable bonds is 5. The largest absolute Gasteiger partial charge is 0.460 e. The van der Waals surface area contributed by atoms with Crippen LogP contribution in [0.3, 0.4) is 0 Å². The fourth-order valence-corrected chi connectivity index (χ4v) is 2.72. The van der Waals surface area contributed by atoms with E-state index in [2.05, 4.69) is 10.1 Å². The second kappa shape index (κ2) is 6.96. The van der Waals surface area contributed by atoms with Crippen molar-refractivity contribution in [3.63, 3.8) is 0 Å². The van der Waals surface area contributed by atoms with E-state index >= 15 is 0 Å². The van der Waals surface area contributed by atoms with Gasteiger partial charge in [-0.1, -0.05) is 0 Å². The third-order valence-electron chi connectivity index (χ3n) is 2.96. The van der Waals surface area contributed by atoms with Gasteiger partial charge in [0.1, 0.15) is 6.33 Å². The fourth-order valence-electron chi connectivity index (χ4n) is 1.98. The summed E-state index contributed by atoms with van der Waals surface area (Å²) in [6, 6.07) is 4.92. The molecule has 0 atom stereocenters. The Labute approximate surface area is 140 Å². The molecule has 7 nitrogen and oxygen atoms in total. The Morgan fingerprint density at radius 2 is 2.00 bits per heavy atom. The Morgan fingerprint density at radius 1 is 1.29 bits per heavy atom. The summed E-state index contributed by atoms with van der Waals surface area (Å²) in [4.78, 5) is 15.8. The smallest absolute Gasteiger partial charge is 0.332 e. The maximum Gasteiger partial charge on any atom is 0.332 e. The number of carbonyl (C=O) groups is 1. The Balaban J connectivity index is 2.27. The molecule has 0 spiro atoms. The van der Waals surface area contributed by atoms with Crippen molar-refractivity contribution < 1.29 is 17.9 Å². The Kier molecular flexibility index (Phi) is 5.18. The van der Waals surface area contributed by atoms with E-state index in [4.69, 9.17) is 4.74 Å². The molecule has 0 radical (unpaired) electrons. The zero-order valence-electron chi connectivity index (χ0n) is 13.9. The third kappa shape index (κ3) is 4.76. The minimum Gasteiger partial charge on any atom is -0.460 e. The number of ether oxygens (including phenoxy) is 1. The number of hydrogen-bond acceptors (Lipinski definition) is 6. The van der Waals surface area contributed by atoms with Crippen LogP contribution in [0.25, 0.3) is 17.6 Å². The van der Waals surface area contributed by atoms with E-state index in [9.17, 15) is 13.2 Å². The maximum atomic E-state index is 11.7. The molecule has 0 saturated heterocycles. The number of nitrogens with zero attached hydrogens (tertiary/aromatic N) is 3. The molecule has 1 heterocycles. The van der Waals surface area contributed by atoms with E-state index in [1.165, 1.54) is 29.4 Å². The summed E-state index contributed by atoms with van der Waals surface area (Å²) in [6.07, 6.45) is 5.05. The van der Waals surface area contributed by atoms with Gasteiger partial charge in [-0.15, -0.1) is 5.10 Å². The van der Waals surface area contributed by atoms with Crippen LogP contribution in [-0.2, 0) is 19.4 Å². The van der Waals surface area contributed by atoms with Gasteiger partial charge < -0.3 is 4.74 Å². The molecule has 0 saturated carbocycles. The molecule has 1 aromatic heterocycles. The monoisotopic (exact) mass is 349 g/mol. The van der Waals surface area contributed by atoms with Crippen molar-refractivity contribution in [2.75, 3.05) is 6.26 Å². The molecule has 0 aliphatic carbocycles. The van der Waals surface area contributed by atoms with Gasteiger partial charge >= 0.3 is 5.97 Å². The van der Waals surface area contributed by atoms with Gasteiger partial charge in [0, 0.05) is 24.1 Å². The highest BCUT2D eigenvalue weighted by atomic mass is 32.2. The van der Waals surface area contributed by atoms with Crippen molar-refractivity contribution in [1.29, 1.82) is 0 Å². The van der Waals surface area contributed by atoms with Gasteiger partial charge in [-0.25, -0.2) is 22.9 Å². The minimum atomic E-state index is -3.32. The highest BCUT2D eigenvalue weighted by Gasteiger charge is 2.12. The second-order valence-corrected chi connectivity index (χ2v) is 7.67. The summed E-state index contributed by atoms with van der Waals surface area (Å²) in [7, 11) is -3.32. The van der Waals surface area contributed by atoms with E-state index in [1.807, 2.05) is 0 Å². The van der Waals surface area contributed by atoms with Crippen LogP contribution >= 0.6 is 0 Å². The normalized spacial score (nSPS) is 12.0. The maximum absolute atomic E-state index is 11.7. The molecule has 0 amide bonds. The van der Waals surface area contributed by atoms with Crippen LogP contribution in [0.2, 0.25) is 0 Å². The summed E-state index contributed by atoms with van der Waals surface area (Å²) in [5, 5.41) is 4.21. The predicted octanol–water partition coefficient (Wildman–Crippen LogP) is 2.08. The van der Waals surface area contributed by atoms with Crippen LogP contribution in [0.1, 0.15) is 19.4 Å². The van der Waals surface area contributed by atoms with Crippen LogP contribution in [0.15, 0.2) is 35.5 Å². The molecule has 2 aromatic rings. The average molecular weight is 349 g/mol. The van der Waals surface area contributed by atoms with E-state index in [0.717, 1.165) is 11.8 Å². The van der Waals surface area contributed by atoms with Crippen molar-refractivity contribution in [3.8, 4) is 11.4 Å². The van der Waals surface area contributed by atoms with Crippen molar-refractivity contribution in [2.24, 2.45) is 0 Å². The second-order valence-electron chi connectivity index (χ2n) is 5.66. The van der Waals surface area contributed by atoms with Crippen molar-refractivity contribution >= 4 is 22.0 Å². The summed E-state index contributed by atoms with van der Waals surface area (Å²) in [6.45, 7) is 5.32. The molecule has 24 heavy (non-hydrogen) atoms. The summed E-state index contributed by atoms with van der Waals surface area (Å²) >= 11 is 0. The lowest BCUT2D eigenvalue weighted by Gasteiger charge is -2.04. The Bertz CT molecular complexity index is 882. The van der Waals surface area contributed by atoms with Crippen LogP contribution in [-0.4, -0.2) is 41.5 Å². The molecule has 0 N–H and O–H groups in total. The van der Waals surface area contributed by atoms with Gasteiger partial charge in [0.05, 0.1) is 11.0 Å². The Hall–Kier alpha value is -2.48. The van der Waals surface area contributed by atoms with E-state index in [1.54, 1.807) is 32.9 Å². The molecule has 8 heteroatoms. The zero-order valence-corrected chi connectivity index (χ0v) is 14.7. The van der Waals surface area contributed by atoms with Gasteiger partial charge in [0.25, 0.3) is 0 Å². The lowest BCUT2D eigenvalue weighted by atomic mass is 10.1. The standard InChI is InChI=1S/C16H19N3O4S/c1-11(2)23-15(20)5-6-19-10-17-16(18-19)13-7-12(3)8-14(9-13)24(4,21)22/h5-11H,1-4H3/b6-5-. The summed E-state index contributed by atoms with van der Waals surface area (Å²) in [5.74, 6) is -0.109. The van der Waals surface area contributed by atoms with Gasteiger partial charge in [-0.05, 0) is 44.5 Å². The number of aromatic nitrogens is 3. The number of hydrogen-bond donors (Lipinski definition) is 0. The summed E-state index contributed by atoms with van der Waals surface area (Å²) in [5.41, 5.74) is 1.38. The first-order valence-corrected chi connectivity index (χ1v) is 9.16.